The second-order valence-corrected chi connectivity index (χ2v) is 4.20. The number of hydrogen-bond acceptors (Lipinski definition) is 4. The van der Waals surface area contributed by atoms with Gasteiger partial charge in [-0.1, -0.05) is 13.3 Å². The fourth-order valence-electron chi connectivity index (χ4n) is 1.43. The van der Waals surface area contributed by atoms with Crippen molar-refractivity contribution in [3.63, 3.8) is 0 Å². The SMILES string of the molecule is CCCC/C(C)=N/NC(=O)c1ccc([N+](=O)[O-])cc1. The monoisotopic (exact) mass is 263 g/mol. The fraction of sp³-hybridized carbons (Fsp3) is 0.385. The zero-order valence-electron chi connectivity index (χ0n) is 11.0. The molecular formula is C13H17N3O3. The van der Waals surface area contributed by atoms with Gasteiger partial charge in [0.1, 0.15) is 0 Å². The summed E-state index contributed by atoms with van der Waals surface area (Å²) in [6, 6.07) is 5.40. The van der Waals surface area contributed by atoms with Crippen molar-refractivity contribution in [1.82, 2.24) is 5.43 Å². The van der Waals surface area contributed by atoms with Gasteiger partial charge in [0.15, 0.2) is 0 Å². The number of carbonyl (C=O) groups excluding carboxylic acids is 1. The van der Waals surface area contributed by atoms with Crippen LogP contribution in [0.3, 0.4) is 0 Å². The number of non-ortho nitro benzene ring substituents is 1. The molecule has 0 unspecified atom stereocenters. The van der Waals surface area contributed by atoms with Gasteiger partial charge in [-0.15, -0.1) is 0 Å². The van der Waals surface area contributed by atoms with E-state index in [1.54, 1.807) is 0 Å². The second kappa shape index (κ2) is 7.25. The summed E-state index contributed by atoms with van der Waals surface area (Å²) >= 11 is 0. The Balaban J connectivity index is 2.60. The third-order valence-corrected chi connectivity index (χ3v) is 2.58. The van der Waals surface area contributed by atoms with Crippen molar-refractivity contribution in [2.45, 2.75) is 33.1 Å². The number of amides is 1. The Morgan fingerprint density at radius 1 is 1.37 bits per heavy atom. The summed E-state index contributed by atoms with van der Waals surface area (Å²) in [7, 11) is 0. The van der Waals surface area contributed by atoms with Gasteiger partial charge in [0.05, 0.1) is 4.92 Å². The van der Waals surface area contributed by atoms with E-state index in [9.17, 15) is 14.9 Å². The first-order chi connectivity index (χ1) is 9.04. The number of benzene rings is 1. The molecule has 0 aliphatic carbocycles. The zero-order valence-corrected chi connectivity index (χ0v) is 11.0. The van der Waals surface area contributed by atoms with Gasteiger partial charge in [0.2, 0.25) is 0 Å². The van der Waals surface area contributed by atoms with Crippen molar-refractivity contribution in [3.05, 3.63) is 39.9 Å². The lowest BCUT2D eigenvalue weighted by atomic mass is 10.2. The number of nitrogens with zero attached hydrogens (tertiary/aromatic N) is 2. The fourth-order valence-corrected chi connectivity index (χ4v) is 1.43. The van der Waals surface area contributed by atoms with Crippen LogP contribution >= 0.6 is 0 Å². The molecule has 0 fully saturated rings. The maximum Gasteiger partial charge on any atom is 0.271 e. The van der Waals surface area contributed by atoms with Crippen LogP contribution in [-0.2, 0) is 0 Å². The van der Waals surface area contributed by atoms with Gasteiger partial charge in [-0.3, -0.25) is 14.9 Å². The average molecular weight is 263 g/mol. The summed E-state index contributed by atoms with van der Waals surface area (Å²) < 4.78 is 0. The Morgan fingerprint density at radius 3 is 2.53 bits per heavy atom. The van der Waals surface area contributed by atoms with Crippen molar-refractivity contribution in [3.8, 4) is 0 Å². The molecule has 0 saturated heterocycles. The molecule has 1 N–H and O–H groups in total. The molecule has 0 aliphatic rings. The first kappa shape index (κ1) is 14.8. The lowest BCUT2D eigenvalue weighted by Crippen LogP contribution is -2.19. The number of hydrogen-bond donors (Lipinski definition) is 1. The molecule has 0 heterocycles. The molecule has 0 bridgehead atoms. The molecule has 6 nitrogen and oxygen atoms in total. The average Bonchev–Trinajstić information content (AvgIpc) is 2.42. The minimum absolute atomic E-state index is 0.0424. The molecule has 0 spiro atoms. The molecule has 0 aliphatic heterocycles. The van der Waals surface area contributed by atoms with Gasteiger partial charge in [0, 0.05) is 23.4 Å². The Bertz CT molecular complexity index is 480. The predicted octanol–water partition coefficient (Wildman–Crippen LogP) is 2.89. The van der Waals surface area contributed by atoms with Crippen molar-refractivity contribution in [2.24, 2.45) is 5.10 Å². The van der Waals surface area contributed by atoms with Gasteiger partial charge >= 0.3 is 0 Å². The molecule has 0 aromatic heterocycles. The van der Waals surface area contributed by atoms with Gasteiger partial charge in [-0.05, 0) is 31.9 Å². The largest absolute Gasteiger partial charge is 0.271 e. The third-order valence-electron chi connectivity index (χ3n) is 2.58. The molecule has 1 amide bonds. The summed E-state index contributed by atoms with van der Waals surface area (Å²) in [6.07, 6.45) is 2.95. The van der Waals surface area contributed by atoms with Crippen molar-refractivity contribution in [2.75, 3.05) is 0 Å². The van der Waals surface area contributed by atoms with E-state index < -0.39 is 4.92 Å². The maximum absolute atomic E-state index is 11.7. The van der Waals surface area contributed by atoms with Crippen molar-refractivity contribution >= 4 is 17.3 Å². The van der Waals surface area contributed by atoms with E-state index in [2.05, 4.69) is 17.5 Å². The minimum Gasteiger partial charge on any atom is -0.267 e. The topological polar surface area (TPSA) is 84.6 Å². The van der Waals surface area contributed by atoms with E-state index in [1.807, 2.05) is 6.92 Å². The van der Waals surface area contributed by atoms with E-state index >= 15 is 0 Å². The van der Waals surface area contributed by atoms with Crippen LogP contribution < -0.4 is 5.43 Å². The molecule has 0 saturated carbocycles. The van der Waals surface area contributed by atoms with Crippen LogP contribution in [0.2, 0.25) is 0 Å². The molecular weight excluding hydrogens is 246 g/mol. The molecule has 0 radical (unpaired) electrons. The summed E-state index contributed by atoms with van der Waals surface area (Å²) in [5.74, 6) is -0.370. The normalized spacial score (nSPS) is 11.2. The van der Waals surface area contributed by atoms with E-state index in [1.165, 1.54) is 24.3 Å². The third kappa shape index (κ3) is 4.87. The molecule has 102 valence electrons. The molecule has 1 rings (SSSR count). The number of nitrogens with one attached hydrogen (secondary N) is 1. The molecule has 19 heavy (non-hydrogen) atoms. The first-order valence-corrected chi connectivity index (χ1v) is 6.12. The number of nitro benzene ring substituents is 1. The summed E-state index contributed by atoms with van der Waals surface area (Å²) in [5.41, 5.74) is 3.60. The Labute approximate surface area is 111 Å². The lowest BCUT2D eigenvalue weighted by molar-refractivity contribution is -0.384. The van der Waals surface area contributed by atoms with E-state index in [0.29, 0.717) is 5.56 Å². The maximum atomic E-state index is 11.7. The second-order valence-electron chi connectivity index (χ2n) is 4.20. The van der Waals surface area contributed by atoms with Gasteiger partial charge in [-0.2, -0.15) is 5.10 Å². The Morgan fingerprint density at radius 2 is 2.00 bits per heavy atom. The molecule has 0 atom stereocenters. The number of rotatable bonds is 6. The highest BCUT2D eigenvalue weighted by Crippen LogP contribution is 2.11. The number of carbonyl (C=O) groups is 1. The number of nitro groups is 1. The summed E-state index contributed by atoms with van der Waals surface area (Å²) in [4.78, 5) is 21.7. The van der Waals surface area contributed by atoms with Crippen LogP contribution in [0.5, 0.6) is 0 Å². The highest BCUT2D eigenvalue weighted by atomic mass is 16.6. The van der Waals surface area contributed by atoms with Crippen LogP contribution in [0, 0.1) is 10.1 Å². The molecule has 6 heteroatoms. The quantitative estimate of drug-likeness (QED) is 0.486. The van der Waals surface area contributed by atoms with Crippen molar-refractivity contribution < 1.29 is 9.72 Å². The van der Waals surface area contributed by atoms with Gasteiger partial charge < -0.3 is 0 Å². The number of unbranched alkanes of at least 4 members (excludes halogenated alkanes) is 1. The van der Waals surface area contributed by atoms with Crippen LogP contribution in [0.25, 0.3) is 0 Å². The van der Waals surface area contributed by atoms with Crippen LogP contribution in [0.15, 0.2) is 29.4 Å². The summed E-state index contributed by atoms with van der Waals surface area (Å²) in [5, 5.41) is 14.5. The Kier molecular flexibility index (Phi) is 5.66. The van der Waals surface area contributed by atoms with E-state index in [0.717, 1.165) is 25.0 Å². The molecule has 1 aromatic carbocycles. The van der Waals surface area contributed by atoms with Crippen LogP contribution in [0.1, 0.15) is 43.5 Å². The van der Waals surface area contributed by atoms with Crippen LogP contribution in [-0.4, -0.2) is 16.5 Å². The van der Waals surface area contributed by atoms with E-state index in [4.69, 9.17) is 0 Å². The van der Waals surface area contributed by atoms with Gasteiger partial charge in [0.25, 0.3) is 11.6 Å². The standard InChI is InChI=1S/C13H17N3O3/c1-3-4-5-10(2)14-15-13(17)11-6-8-12(9-7-11)16(18)19/h6-9H,3-5H2,1-2H3,(H,15,17)/b14-10+. The predicted molar refractivity (Wildman–Crippen MR) is 73.2 cm³/mol. The first-order valence-electron chi connectivity index (χ1n) is 6.12. The molecule has 1 aromatic rings. The van der Waals surface area contributed by atoms with Crippen molar-refractivity contribution in [1.29, 1.82) is 0 Å². The smallest absolute Gasteiger partial charge is 0.267 e. The summed E-state index contributed by atoms with van der Waals surface area (Å²) in [6.45, 7) is 3.94. The Hall–Kier alpha value is -2.24. The number of hydrazone groups is 1. The van der Waals surface area contributed by atoms with Gasteiger partial charge in [-0.25, -0.2) is 5.43 Å². The highest BCUT2D eigenvalue weighted by Gasteiger charge is 2.08. The van der Waals surface area contributed by atoms with E-state index in [-0.39, 0.29) is 11.6 Å². The zero-order chi connectivity index (χ0) is 14.3. The minimum atomic E-state index is -0.505. The lowest BCUT2D eigenvalue weighted by Gasteiger charge is -2.02. The van der Waals surface area contributed by atoms with Crippen LogP contribution in [0.4, 0.5) is 5.69 Å². The highest BCUT2D eigenvalue weighted by molar-refractivity contribution is 5.95.